The summed E-state index contributed by atoms with van der Waals surface area (Å²) in [6.07, 6.45) is 1.84. The number of carbonyl (C=O) groups excluding carboxylic acids is 1. The SMILES string of the molecule is Cl.Cl.Nc1nc(NCCNC(=O)c2ccccc2Cl)cc(C2CC(N)C2)n1. The van der Waals surface area contributed by atoms with Gasteiger partial charge in [0, 0.05) is 31.1 Å². The number of halogens is 3. The molecule has 1 saturated carbocycles. The van der Waals surface area contributed by atoms with Crippen LogP contribution >= 0.6 is 36.4 Å². The number of hydrogen-bond acceptors (Lipinski definition) is 6. The van der Waals surface area contributed by atoms with Gasteiger partial charge < -0.3 is 22.1 Å². The van der Waals surface area contributed by atoms with E-state index < -0.39 is 0 Å². The first kappa shape index (κ1) is 23.2. The molecule has 1 aliphatic rings. The Bertz CT molecular complexity index is 770. The van der Waals surface area contributed by atoms with Crippen molar-refractivity contribution in [1.82, 2.24) is 15.3 Å². The lowest BCUT2D eigenvalue weighted by molar-refractivity contribution is 0.0955. The van der Waals surface area contributed by atoms with Gasteiger partial charge in [0.25, 0.3) is 5.91 Å². The van der Waals surface area contributed by atoms with E-state index in [9.17, 15) is 4.79 Å². The topological polar surface area (TPSA) is 119 Å². The summed E-state index contributed by atoms with van der Waals surface area (Å²) < 4.78 is 0. The van der Waals surface area contributed by atoms with Gasteiger partial charge >= 0.3 is 0 Å². The Balaban J connectivity index is 0.00000182. The van der Waals surface area contributed by atoms with Crippen LogP contribution in [0.5, 0.6) is 0 Å². The zero-order valence-corrected chi connectivity index (χ0v) is 16.9. The smallest absolute Gasteiger partial charge is 0.252 e. The van der Waals surface area contributed by atoms with Crippen molar-refractivity contribution in [2.75, 3.05) is 24.1 Å². The van der Waals surface area contributed by atoms with Crippen molar-refractivity contribution in [2.24, 2.45) is 5.73 Å². The fourth-order valence-corrected chi connectivity index (χ4v) is 3.02. The maximum Gasteiger partial charge on any atom is 0.252 e. The summed E-state index contributed by atoms with van der Waals surface area (Å²) in [7, 11) is 0. The predicted molar refractivity (Wildman–Crippen MR) is 113 cm³/mol. The van der Waals surface area contributed by atoms with E-state index in [0.717, 1.165) is 18.5 Å². The van der Waals surface area contributed by atoms with E-state index in [4.69, 9.17) is 23.1 Å². The highest BCUT2D eigenvalue weighted by molar-refractivity contribution is 6.33. The number of nitrogens with zero attached hydrogens (tertiary/aromatic N) is 2. The Morgan fingerprint density at radius 1 is 1.19 bits per heavy atom. The third-order valence-electron chi connectivity index (χ3n) is 4.19. The lowest BCUT2D eigenvalue weighted by Gasteiger charge is -2.32. The van der Waals surface area contributed by atoms with Gasteiger partial charge in [0.15, 0.2) is 0 Å². The predicted octanol–water partition coefficient (Wildman–Crippen LogP) is 2.60. The molecule has 0 radical (unpaired) electrons. The molecule has 6 N–H and O–H groups in total. The summed E-state index contributed by atoms with van der Waals surface area (Å²) >= 11 is 6.01. The van der Waals surface area contributed by atoms with Crippen LogP contribution in [0.4, 0.5) is 11.8 Å². The highest BCUT2D eigenvalue weighted by atomic mass is 35.5. The third-order valence-corrected chi connectivity index (χ3v) is 4.52. The maximum atomic E-state index is 12.1. The normalized spacial score (nSPS) is 17.7. The Hall–Kier alpha value is -1.80. The largest absolute Gasteiger partial charge is 0.368 e. The Morgan fingerprint density at radius 2 is 1.89 bits per heavy atom. The van der Waals surface area contributed by atoms with E-state index in [1.54, 1.807) is 24.3 Å². The van der Waals surface area contributed by atoms with E-state index in [1.807, 2.05) is 6.07 Å². The molecule has 3 rings (SSSR count). The number of anilines is 2. The number of nitrogens with one attached hydrogen (secondary N) is 2. The lowest BCUT2D eigenvalue weighted by atomic mass is 9.78. The van der Waals surface area contributed by atoms with Crippen molar-refractivity contribution in [3.63, 3.8) is 0 Å². The summed E-state index contributed by atoms with van der Waals surface area (Å²) in [4.78, 5) is 20.5. The highest BCUT2D eigenvalue weighted by Gasteiger charge is 2.29. The molecule has 0 spiro atoms. The van der Waals surface area contributed by atoms with Crippen molar-refractivity contribution >= 4 is 54.1 Å². The Labute approximate surface area is 175 Å². The van der Waals surface area contributed by atoms with Gasteiger partial charge in [-0.05, 0) is 25.0 Å². The molecule has 1 fully saturated rings. The number of carbonyl (C=O) groups is 1. The molecule has 1 aliphatic carbocycles. The number of hydrogen-bond donors (Lipinski definition) is 4. The van der Waals surface area contributed by atoms with Crippen LogP contribution in [0.3, 0.4) is 0 Å². The number of nitrogens with two attached hydrogens (primary N) is 2. The first-order chi connectivity index (χ1) is 12.0. The molecular weight excluding hydrogens is 411 g/mol. The standard InChI is InChI=1S/C17H21ClN6O.2ClH/c18-13-4-2-1-3-12(13)16(25)22-6-5-21-15-9-14(23-17(20)24-15)10-7-11(19)8-10;;/h1-4,9-11H,5-8,19H2,(H,22,25)(H3,20,21,23,24);2*1H. The average molecular weight is 434 g/mol. The number of amides is 1. The molecule has 0 bridgehead atoms. The lowest BCUT2D eigenvalue weighted by Crippen LogP contribution is -2.35. The highest BCUT2D eigenvalue weighted by Crippen LogP contribution is 2.35. The second kappa shape index (κ2) is 10.5. The molecule has 1 amide bonds. The van der Waals surface area contributed by atoms with Crippen LogP contribution < -0.4 is 22.1 Å². The number of aromatic nitrogens is 2. The van der Waals surface area contributed by atoms with E-state index in [1.165, 1.54) is 0 Å². The van der Waals surface area contributed by atoms with Crippen LogP contribution in [0, 0.1) is 0 Å². The van der Waals surface area contributed by atoms with Crippen LogP contribution in [-0.4, -0.2) is 35.0 Å². The van der Waals surface area contributed by atoms with Gasteiger partial charge in [-0.25, -0.2) is 4.98 Å². The molecule has 0 saturated heterocycles. The maximum absolute atomic E-state index is 12.1. The summed E-state index contributed by atoms with van der Waals surface area (Å²) in [6.45, 7) is 0.938. The van der Waals surface area contributed by atoms with Gasteiger partial charge in [0.1, 0.15) is 5.82 Å². The molecule has 1 aromatic carbocycles. The van der Waals surface area contributed by atoms with Crippen molar-refractivity contribution in [3.8, 4) is 0 Å². The third kappa shape index (κ3) is 6.10. The molecule has 2 aromatic rings. The van der Waals surface area contributed by atoms with Crippen molar-refractivity contribution in [2.45, 2.75) is 24.8 Å². The first-order valence-corrected chi connectivity index (χ1v) is 8.57. The molecule has 0 atom stereocenters. The molecule has 1 heterocycles. The molecule has 148 valence electrons. The zero-order valence-electron chi connectivity index (χ0n) is 14.5. The molecule has 1 aromatic heterocycles. The van der Waals surface area contributed by atoms with Gasteiger partial charge in [-0.3, -0.25) is 4.79 Å². The van der Waals surface area contributed by atoms with Crippen LogP contribution in [0.15, 0.2) is 30.3 Å². The summed E-state index contributed by atoms with van der Waals surface area (Å²) in [5, 5.41) is 6.40. The van der Waals surface area contributed by atoms with E-state index in [2.05, 4.69) is 20.6 Å². The molecule has 0 aliphatic heterocycles. The number of rotatable bonds is 6. The van der Waals surface area contributed by atoms with Gasteiger partial charge in [-0.1, -0.05) is 23.7 Å². The number of nitrogen functional groups attached to an aromatic ring is 1. The van der Waals surface area contributed by atoms with Gasteiger partial charge in [0.05, 0.1) is 16.3 Å². The van der Waals surface area contributed by atoms with Crippen molar-refractivity contribution in [3.05, 3.63) is 46.6 Å². The minimum atomic E-state index is -0.209. The molecular formula is C17H23Cl3N6O. The van der Waals surface area contributed by atoms with E-state index >= 15 is 0 Å². The monoisotopic (exact) mass is 432 g/mol. The Morgan fingerprint density at radius 3 is 2.56 bits per heavy atom. The van der Waals surface area contributed by atoms with Crippen LogP contribution in [-0.2, 0) is 0 Å². The van der Waals surface area contributed by atoms with Crippen LogP contribution in [0.1, 0.15) is 34.8 Å². The van der Waals surface area contributed by atoms with E-state index in [0.29, 0.717) is 35.4 Å². The molecule has 27 heavy (non-hydrogen) atoms. The summed E-state index contributed by atoms with van der Waals surface area (Å²) in [5.41, 5.74) is 13.0. The van der Waals surface area contributed by atoms with E-state index in [-0.39, 0.29) is 42.7 Å². The van der Waals surface area contributed by atoms with Crippen molar-refractivity contribution < 1.29 is 4.79 Å². The fourth-order valence-electron chi connectivity index (χ4n) is 2.80. The zero-order chi connectivity index (χ0) is 17.8. The average Bonchev–Trinajstić information content (AvgIpc) is 2.55. The first-order valence-electron chi connectivity index (χ1n) is 8.19. The van der Waals surface area contributed by atoms with Crippen LogP contribution in [0.2, 0.25) is 5.02 Å². The second-order valence-corrected chi connectivity index (χ2v) is 6.53. The second-order valence-electron chi connectivity index (χ2n) is 6.13. The fraction of sp³-hybridized carbons (Fsp3) is 0.353. The molecule has 7 nitrogen and oxygen atoms in total. The molecule has 0 unspecified atom stereocenters. The quantitative estimate of drug-likeness (QED) is 0.520. The van der Waals surface area contributed by atoms with Gasteiger partial charge in [-0.2, -0.15) is 4.98 Å². The van der Waals surface area contributed by atoms with Gasteiger partial charge in [-0.15, -0.1) is 24.8 Å². The van der Waals surface area contributed by atoms with Crippen molar-refractivity contribution in [1.29, 1.82) is 0 Å². The molecule has 10 heteroatoms. The minimum Gasteiger partial charge on any atom is -0.368 e. The van der Waals surface area contributed by atoms with Gasteiger partial charge in [0.2, 0.25) is 5.95 Å². The summed E-state index contributed by atoms with van der Waals surface area (Å²) in [6, 6.07) is 9.07. The Kier molecular flexibility index (Phi) is 9.05. The minimum absolute atomic E-state index is 0. The number of benzene rings is 1. The summed E-state index contributed by atoms with van der Waals surface area (Å²) in [5.74, 6) is 1.02. The van der Waals surface area contributed by atoms with Crippen LogP contribution in [0.25, 0.3) is 0 Å².